The minimum Gasteiger partial charge on any atom is -0.444 e. The first-order chi connectivity index (χ1) is 9.76. The summed E-state index contributed by atoms with van der Waals surface area (Å²) in [6, 6.07) is 0. The third-order valence-electron chi connectivity index (χ3n) is 3.17. The van der Waals surface area contributed by atoms with Crippen molar-refractivity contribution in [2.75, 3.05) is 26.2 Å². The molecular weight excluding hydrogens is 272 g/mol. The van der Waals surface area contributed by atoms with Crippen molar-refractivity contribution in [1.82, 2.24) is 19.6 Å². The van der Waals surface area contributed by atoms with E-state index in [4.69, 9.17) is 4.74 Å². The number of ether oxygens (including phenoxy) is 1. The summed E-state index contributed by atoms with van der Waals surface area (Å²) in [6.07, 6.45) is 2.93. The lowest BCUT2D eigenvalue weighted by Gasteiger charge is -2.35. The second-order valence-corrected chi connectivity index (χ2v) is 6.16. The Bertz CT molecular complexity index is 525. The zero-order valence-corrected chi connectivity index (χ0v) is 13.0. The van der Waals surface area contributed by atoms with Crippen molar-refractivity contribution in [3.63, 3.8) is 0 Å². The molecule has 1 aliphatic rings. The van der Waals surface area contributed by atoms with Crippen LogP contribution in [0.2, 0.25) is 0 Å². The minimum atomic E-state index is -0.500. The van der Waals surface area contributed by atoms with Crippen molar-refractivity contribution < 1.29 is 14.3 Å². The van der Waals surface area contributed by atoms with Crippen LogP contribution in [0.3, 0.4) is 0 Å². The summed E-state index contributed by atoms with van der Waals surface area (Å²) in [5.74, 6) is -0.0491. The van der Waals surface area contributed by atoms with Gasteiger partial charge in [-0.3, -0.25) is 9.48 Å². The fourth-order valence-electron chi connectivity index (χ4n) is 2.13. The van der Waals surface area contributed by atoms with Crippen LogP contribution in [0.25, 0.3) is 0 Å². The van der Waals surface area contributed by atoms with E-state index in [1.54, 1.807) is 33.9 Å². The molecule has 7 nitrogen and oxygen atoms in total. The van der Waals surface area contributed by atoms with E-state index in [0.717, 1.165) is 0 Å². The highest BCUT2D eigenvalue weighted by molar-refractivity contribution is 5.93. The summed E-state index contributed by atoms with van der Waals surface area (Å²) < 4.78 is 6.93. The normalized spacial score (nSPS) is 16.0. The lowest BCUT2D eigenvalue weighted by Crippen LogP contribution is -2.51. The Labute approximate surface area is 124 Å². The number of rotatable bonds is 1. The Hall–Kier alpha value is -2.05. The van der Waals surface area contributed by atoms with E-state index in [1.807, 2.05) is 20.8 Å². The molecular formula is C14H22N4O3. The molecule has 1 aliphatic heterocycles. The quantitative estimate of drug-likeness (QED) is 0.778. The average Bonchev–Trinajstić information content (AvgIpc) is 2.83. The van der Waals surface area contributed by atoms with Crippen LogP contribution in [0.5, 0.6) is 0 Å². The number of aryl methyl sites for hydroxylation is 1. The lowest BCUT2D eigenvalue weighted by molar-refractivity contribution is 0.0141. The van der Waals surface area contributed by atoms with Gasteiger partial charge in [-0.15, -0.1) is 0 Å². The molecule has 0 atom stereocenters. The largest absolute Gasteiger partial charge is 0.444 e. The third-order valence-corrected chi connectivity index (χ3v) is 3.17. The molecule has 0 saturated carbocycles. The molecule has 0 aromatic carbocycles. The molecule has 0 unspecified atom stereocenters. The molecule has 0 radical (unpaired) electrons. The molecule has 0 N–H and O–H groups in total. The summed E-state index contributed by atoms with van der Waals surface area (Å²) in [4.78, 5) is 27.6. The first-order valence-corrected chi connectivity index (χ1v) is 7.02. The van der Waals surface area contributed by atoms with Crippen LogP contribution in [0.15, 0.2) is 12.4 Å². The fraction of sp³-hybridized carbons (Fsp3) is 0.643. The van der Waals surface area contributed by atoms with E-state index in [1.165, 1.54) is 0 Å². The minimum absolute atomic E-state index is 0.0491. The highest BCUT2D eigenvalue weighted by Crippen LogP contribution is 2.13. The number of nitrogens with zero attached hydrogens (tertiary/aromatic N) is 4. The number of hydrogen-bond acceptors (Lipinski definition) is 4. The van der Waals surface area contributed by atoms with Gasteiger partial charge in [-0.1, -0.05) is 0 Å². The van der Waals surface area contributed by atoms with Crippen LogP contribution in [0.4, 0.5) is 4.79 Å². The van der Waals surface area contributed by atoms with Gasteiger partial charge in [-0.25, -0.2) is 4.79 Å². The summed E-state index contributed by atoms with van der Waals surface area (Å²) in [7, 11) is 1.78. The number of piperazine rings is 1. The second-order valence-electron chi connectivity index (χ2n) is 6.16. The van der Waals surface area contributed by atoms with Crippen molar-refractivity contribution in [3.05, 3.63) is 18.0 Å². The van der Waals surface area contributed by atoms with Crippen LogP contribution >= 0.6 is 0 Å². The number of carbonyl (C=O) groups excluding carboxylic acids is 2. The predicted molar refractivity (Wildman–Crippen MR) is 76.9 cm³/mol. The lowest BCUT2D eigenvalue weighted by atomic mass is 10.2. The maximum atomic E-state index is 12.3. The van der Waals surface area contributed by atoms with Gasteiger partial charge in [0, 0.05) is 39.4 Å². The summed E-state index contributed by atoms with van der Waals surface area (Å²) in [5, 5.41) is 4.00. The molecule has 0 aliphatic carbocycles. The van der Waals surface area contributed by atoms with E-state index in [2.05, 4.69) is 5.10 Å². The van der Waals surface area contributed by atoms with Gasteiger partial charge in [0.25, 0.3) is 5.91 Å². The van der Waals surface area contributed by atoms with Crippen LogP contribution in [0, 0.1) is 0 Å². The average molecular weight is 294 g/mol. The number of aromatic nitrogens is 2. The highest BCUT2D eigenvalue weighted by atomic mass is 16.6. The predicted octanol–water partition coefficient (Wildman–Crippen LogP) is 1.11. The van der Waals surface area contributed by atoms with Gasteiger partial charge in [0.2, 0.25) is 0 Å². The van der Waals surface area contributed by atoms with Crippen LogP contribution in [0.1, 0.15) is 31.1 Å². The second kappa shape index (κ2) is 5.75. The first kappa shape index (κ1) is 15.3. The molecule has 1 saturated heterocycles. The Morgan fingerprint density at radius 1 is 1.14 bits per heavy atom. The van der Waals surface area contributed by atoms with Gasteiger partial charge in [-0.05, 0) is 20.8 Å². The van der Waals surface area contributed by atoms with Gasteiger partial charge in [0.1, 0.15) is 5.60 Å². The third kappa shape index (κ3) is 3.96. The van der Waals surface area contributed by atoms with Crippen molar-refractivity contribution in [3.8, 4) is 0 Å². The van der Waals surface area contributed by atoms with E-state index in [0.29, 0.717) is 31.7 Å². The smallest absolute Gasteiger partial charge is 0.410 e. The molecule has 1 aromatic heterocycles. The molecule has 7 heteroatoms. The van der Waals surface area contributed by atoms with E-state index >= 15 is 0 Å². The maximum absolute atomic E-state index is 12.3. The molecule has 0 bridgehead atoms. The van der Waals surface area contributed by atoms with Gasteiger partial charge >= 0.3 is 6.09 Å². The monoisotopic (exact) mass is 294 g/mol. The zero-order valence-electron chi connectivity index (χ0n) is 13.0. The Balaban J connectivity index is 1.88. The van der Waals surface area contributed by atoms with Crippen molar-refractivity contribution in [2.24, 2.45) is 7.05 Å². The molecule has 116 valence electrons. The molecule has 0 spiro atoms. The number of hydrogen-bond donors (Lipinski definition) is 0. The number of amides is 2. The summed E-state index contributed by atoms with van der Waals surface area (Å²) >= 11 is 0. The number of carbonyl (C=O) groups is 2. The Kier molecular flexibility index (Phi) is 4.20. The molecule has 21 heavy (non-hydrogen) atoms. The molecule has 2 heterocycles. The van der Waals surface area contributed by atoms with Crippen molar-refractivity contribution in [2.45, 2.75) is 26.4 Å². The van der Waals surface area contributed by atoms with Crippen LogP contribution in [-0.4, -0.2) is 63.4 Å². The molecule has 1 fully saturated rings. The van der Waals surface area contributed by atoms with E-state index < -0.39 is 5.60 Å². The Morgan fingerprint density at radius 3 is 2.19 bits per heavy atom. The molecule has 1 aromatic rings. The fourth-order valence-corrected chi connectivity index (χ4v) is 2.13. The van der Waals surface area contributed by atoms with Gasteiger partial charge in [-0.2, -0.15) is 5.10 Å². The molecule has 2 amide bonds. The SMILES string of the molecule is Cn1cc(C(=O)N2CCN(C(=O)OC(C)(C)C)CC2)cn1. The van der Waals surface area contributed by atoms with Gasteiger partial charge in [0.15, 0.2) is 0 Å². The van der Waals surface area contributed by atoms with Crippen LogP contribution < -0.4 is 0 Å². The van der Waals surface area contributed by atoms with Crippen LogP contribution in [-0.2, 0) is 11.8 Å². The first-order valence-electron chi connectivity index (χ1n) is 7.02. The van der Waals surface area contributed by atoms with Gasteiger partial charge in [0.05, 0.1) is 11.8 Å². The van der Waals surface area contributed by atoms with E-state index in [-0.39, 0.29) is 12.0 Å². The zero-order chi connectivity index (χ0) is 15.6. The van der Waals surface area contributed by atoms with Crippen molar-refractivity contribution >= 4 is 12.0 Å². The maximum Gasteiger partial charge on any atom is 0.410 e. The van der Waals surface area contributed by atoms with Crippen molar-refractivity contribution in [1.29, 1.82) is 0 Å². The van der Waals surface area contributed by atoms with E-state index in [9.17, 15) is 9.59 Å². The summed E-state index contributed by atoms with van der Waals surface area (Å²) in [6.45, 7) is 7.51. The highest BCUT2D eigenvalue weighted by Gasteiger charge is 2.28. The standard InChI is InChI=1S/C14H22N4O3/c1-14(2,3)21-13(20)18-7-5-17(6-8-18)12(19)11-9-15-16(4)10-11/h9-10H,5-8H2,1-4H3. The topological polar surface area (TPSA) is 67.7 Å². The Morgan fingerprint density at radius 2 is 1.71 bits per heavy atom. The van der Waals surface area contributed by atoms with Gasteiger partial charge < -0.3 is 14.5 Å². The molecule has 2 rings (SSSR count). The summed E-state index contributed by atoms with van der Waals surface area (Å²) in [5.41, 5.74) is 0.0722.